The molecule has 1 aliphatic rings. The molecule has 0 bridgehead atoms. The minimum absolute atomic E-state index is 0.00642. The van der Waals surface area contributed by atoms with Crippen molar-refractivity contribution >= 4 is 27.7 Å². The van der Waals surface area contributed by atoms with Crippen LogP contribution in [-0.4, -0.2) is 22.2 Å². The Balaban J connectivity index is 2.24. The molecule has 1 unspecified atom stereocenters. The third kappa shape index (κ3) is 2.72. The number of hydrogen-bond acceptors (Lipinski definition) is 2. The van der Waals surface area contributed by atoms with Crippen molar-refractivity contribution in [2.45, 2.75) is 32.3 Å². The summed E-state index contributed by atoms with van der Waals surface area (Å²) < 4.78 is 1.10. The average molecular weight is 315 g/mol. The van der Waals surface area contributed by atoms with Gasteiger partial charge in [-0.2, -0.15) is 11.8 Å². The van der Waals surface area contributed by atoms with Crippen LogP contribution >= 0.6 is 27.7 Å². The molecule has 1 aromatic rings. The van der Waals surface area contributed by atoms with Gasteiger partial charge in [-0.1, -0.05) is 48.0 Å². The summed E-state index contributed by atoms with van der Waals surface area (Å²) in [5, 5.41) is 10.9. The highest BCUT2D eigenvalue weighted by atomic mass is 79.9. The third-order valence-corrected chi connectivity index (χ3v) is 5.86. The van der Waals surface area contributed by atoms with E-state index >= 15 is 0 Å². The van der Waals surface area contributed by atoms with E-state index in [1.54, 1.807) is 0 Å². The van der Waals surface area contributed by atoms with Crippen LogP contribution in [0.4, 0.5) is 0 Å². The molecule has 0 saturated carbocycles. The lowest BCUT2D eigenvalue weighted by Crippen LogP contribution is -2.51. The van der Waals surface area contributed by atoms with Gasteiger partial charge in [0.25, 0.3) is 0 Å². The van der Waals surface area contributed by atoms with Crippen LogP contribution in [0, 0.1) is 5.41 Å². The molecule has 0 spiro atoms. The Labute approximate surface area is 116 Å². The molecule has 0 radical (unpaired) electrons. The molecule has 1 aromatic carbocycles. The SMILES string of the molecule is CC1(C)CCSCC1(O)Cc1ccccc1Br. The normalized spacial score (nSPS) is 28.0. The minimum Gasteiger partial charge on any atom is -0.388 e. The lowest BCUT2D eigenvalue weighted by Gasteiger charge is -2.46. The lowest BCUT2D eigenvalue weighted by atomic mass is 9.70. The monoisotopic (exact) mass is 314 g/mol. The van der Waals surface area contributed by atoms with E-state index in [0.717, 1.165) is 28.8 Å². The highest BCUT2D eigenvalue weighted by Gasteiger charge is 2.45. The predicted octanol–water partition coefficient (Wildman–Crippen LogP) is 3.89. The van der Waals surface area contributed by atoms with Gasteiger partial charge in [0.05, 0.1) is 5.60 Å². The van der Waals surface area contributed by atoms with Crippen LogP contribution in [0.2, 0.25) is 0 Å². The summed E-state index contributed by atoms with van der Waals surface area (Å²) in [4.78, 5) is 0. The Morgan fingerprint density at radius 3 is 2.71 bits per heavy atom. The van der Waals surface area contributed by atoms with Crippen molar-refractivity contribution in [3.63, 3.8) is 0 Å². The Bertz CT molecular complexity index is 405. The molecule has 1 nitrogen and oxygen atoms in total. The summed E-state index contributed by atoms with van der Waals surface area (Å²) in [6.07, 6.45) is 1.81. The summed E-state index contributed by atoms with van der Waals surface area (Å²) in [5.74, 6) is 1.99. The van der Waals surface area contributed by atoms with Crippen LogP contribution < -0.4 is 0 Å². The van der Waals surface area contributed by atoms with E-state index < -0.39 is 5.60 Å². The fourth-order valence-electron chi connectivity index (χ4n) is 2.24. The summed E-state index contributed by atoms with van der Waals surface area (Å²) in [6.45, 7) is 4.37. The molecule has 1 fully saturated rings. The van der Waals surface area contributed by atoms with Gasteiger partial charge < -0.3 is 5.11 Å². The van der Waals surface area contributed by atoms with Crippen LogP contribution in [0.25, 0.3) is 0 Å². The number of benzene rings is 1. The Morgan fingerprint density at radius 2 is 2.06 bits per heavy atom. The summed E-state index contributed by atoms with van der Waals surface area (Å²) in [6, 6.07) is 8.18. The molecule has 1 saturated heterocycles. The van der Waals surface area contributed by atoms with Crippen LogP contribution in [0.15, 0.2) is 28.7 Å². The van der Waals surface area contributed by atoms with Crippen LogP contribution in [0.3, 0.4) is 0 Å². The maximum atomic E-state index is 10.9. The maximum Gasteiger partial charge on any atom is 0.0829 e. The second-order valence-electron chi connectivity index (χ2n) is 5.49. The van der Waals surface area contributed by atoms with Gasteiger partial charge in [-0.3, -0.25) is 0 Å². The first kappa shape index (κ1) is 13.4. The standard InChI is InChI=1S/C14H19BrOS/c1-13(2)7-8-17-10-14(13,16)9-11-5-3-4-6-12(11)15/h3-6,16H,7-10H2,1-2H3. The van der Waals surface area contributed by atoms with E-state index in [4.69, 9.17) is 0 Å². The van der Waals surface area contributed by atoms with Crippen molar-refractivity contribution in [2.75, 3.05) is 11.5 Å². The first-order valence-corrected chi connectivity index (χ1v) is 7.93. The fraction of sp³-hybridized carbons (Fsp3) is 0.571. The number of rotatable bonds is 2. The highest BCUT2D eigenvalue weighted by molar-refractivity contribution is 9.10. The number of hydrogen-bond donors (Lipinski definition) is 1. The van der Waals surface area contributed by atoms with Gasteiger partial charge in [-0.25, -0.2) is 0 Å². The van der Waals surface area contributed by atoms with Crippen molar-refractivity contribution < 1.29 is 5.11 Å². The quantitative estimate of drug-likeness (QED) is 0.893. The maximum absolute atomic E-state index is 10.9. The molecule has 2 rings (SSSR count). The van der Waals surface area contributed by atoms with Crippen molar-refractivity contribution in [3.8, 4) is 0 Å². The van der Waals surface area contributed by atoms with Crippen molar-refractivity contribution in [2.24, 2.45) is 5.41 Å². The van der Waals surface area contributed by atoms with Crippen LogP contribution in [0.1, 0.15) is 25.8 Å². The molecule has 1 atom stereocenters. The lowest BCUT2D eigenvalue weighted by molar-refractivity contribution is -0.0514. The second kappa shape index (κ2) is 4.94. The first-order valence-electron chi connectivity index (χ1n) is 5.98. The van der Waals surface area contributed by atoms with E-state index in [2.05, 4.69) is 35.8 Å². The molecule has 3 heteroatoms. The van der Waals surface area contributed by atoms with Crippen molar-refractivity contribution in [1.29, 1.82) is 0 Å². The minimum atomic E-state index is -0.597. The van der Waals surface area contributed by atoms with Crippen molar-refractivity contribution in [3.05, 3.63) is 34.3 Å². The first-order chi connectivity index (χ1) is 7.95. The number of aliphatic hydroxyl groups is 1. The van der Waals surface area contributed by atoms with Gasteiger partial charge >= 0.3 is 0 Å². The highest BCUT2D eigenvalue weighted by Crippen LogP contribution is 2.44. The third-order valence-electron chi connectivity index (χ3n) is 3.91. The molecule has 1 N–H and O–H groups in total. The zero-order valence-electron chi connectivity index (χ0n) is 10.4. The Hall–Kier alpha value is 0.01000. The van der Waals surface area contributed by atoms with E-state index in [0.29, 0.717) is 0 Å². The molecular formula is C14H19BrOS. The van der Waals surface area contributed by atoms with E-state index in [-0.39, 0.29) is 5.41 Å². The fourth-order valence-corrected chi connectivity index (χ4v) is 4.30. The predicted molar refractivity (Wildman–Crippen MR) is 78.5 cm³/mol. The van der Waals surface area contributed by atoms with E-state index in [1.165, 1.54) is 5.56 Å². The second-order valence-corrected chi connectivity index (χ2v) is 7.45. The molecule has 1 heterocycles. The van der Waals surface area contributed by atoms with E-state index in [9.17, 15) is 5.11 Å². The molecule has 1 aliphatic heterocycles. The van der Waals surface area contributed by atoms with Crippen LogP contribution in [0.5, 0.6) is 0 Å². The van der Waals surface area contributed by atoms with Gasteiger partial charge in [0, 0.05) is 16.6 Å². The molecule has 0 aliphatic carbocycles. The van der Waals surface area contributed by atoms with Gasteiger partial charge in [0.15, 0.2) is 0 Å². The summed E-state index contributed by atoms with van der Waals surface area (Å²) in [5.41, 5.74) is 0.596. The summed E-state index contributed by atoms with van der Waals surface area (Å²) in [7, 11) is 0. The van der Waals surface area contributed by atoms with Gasteiger partial charge in [0.1, 0.15) is 0 Å². The van der Waals surface area contributed by atoms with Gasteiger partial charge in [-0.15, -0.1) is 0 Å². The Morgan fingerprint density at radius 1 is 1.35 bits per heavy atom. The molecule has 94 valence electrons. The summed E-state index contributed by atoms with van der Waals surface area (Å²) >= 11 is 5.43. The van der Waals surface area contributed by atoms with Crippen molar-refractivity contribution in [1.82, 2.24) is 0 Å². The topological polar surface area (TPSA) is 20.2 Å². The zero-order valence-corrected chi connectivity index (χ0v) is 12.8. The molecule has 0 amide bonds. The van der Waals surface area contributed by atoms with Crippen LogP contribution in [-0.2, 0) is 6.42 Å². The Kier molecular flexibility index (Phi) is 3.91. The largest absolute Gasteiger partial charge is 0.388 e. The number of thioether (sulfide) groups is 1. The van der Waals surface area contributed by atoms with Gasteiger partial charge in [0.2, 0.25) is 0 Å². The molecular weight excluding hydrogens is 296 g/mol. The smallest absolute Gasteiger partial charge is 0.0829 e. The van der Waals surface area contributed by atoms with E-state index in [1.807, 2.05) is 30.0 Å². The zero-order chi connectivity index (χ0) is 12.5. The molecule has 0 aromatic heterocycles. The van der Waals surface area contributed by atoms with Gasteiger partial charge in [-0.05, 0) is 29.2 Å². The molecule has 17 heavy (non-hydrogen) atoms. The average Bonchev–Trinajstić information content (AvgIpc) is 2.26. The number of halogens is 1.